The molecule has 1 saturated heterocycles. The normalized spacial score (nSPS) is 16.6. The molecule has 1 aliphatic heterocycles. The molecule has 0 radical (unpaired) electrons. The molecule has 2 amide bonds. The fraction of sp³-hybridized carbons (Fsp3) is 0.148. The number of nitrogens with one attached hydrogen (secondary N) is 1. The third kappa shape index (κ3) is 5.13. The first-order chi connectivity index (χ1) is 16.6. The minimum Gasteiger partial charge on any atom is -0.494 e. The van der Waals surface area contributed by atoms with Gasteiger partial charge in [0.15, 0.2) is 0 Å². The molecule has 0 aromatic heterocycles. The highest BCUT2D eigenvalue weighted by Gasteiger charge is 2.40. The van der Waals surface area contributed by atoms with Crippen molar-refractivity contribution in [1.82, 2.24) is 0 Å². The molecular weight excluding hydrogens is 446 g/mol. The fourth-order valence-corrected chi connectivity index (χ4v) is 4.93. The quantitative estimate of drug-likeness (QED) is 0.382. The number of benzene rings is 3. The Kier molecular flexibility index (Phi) is 7.31. The number of nitrogens with zero attached hydrogens (tertiary/aromatic N) is 2. The van der Waals surface area contributed by atoms with Crippen molar-refractivity contribution >= 4 is 35.0 Å². The Morgan fingerprint density at radius 1 is 1.03 bits per heavy atom. The third-order valence-corrected chi connectivity index (χ3v) is 6.47. The molecule has 1 atom stereocenters. The van der Waals surface area contributed by atoms with E-state index in [1.54, 1.807) is 36.4 Å². The van der Waals surface area contributed by atoms with Crippen LogP contribution in [0.3, 0.4) is 0 Å². The maximum atomic E-state index is 13.4. The van der Waals surface area contributed by atoms with Gasteiger partial charge in [-0.2, -0.15) is 5.26 Å². The number of hydrogen-bond acceptors (Lipinski definition) is 5. The molecule has 0 bridgehead atoms. The first-order valence-electron chi connectivity index (χ1n) is 10.9. The van der Waals surface area contributed by atoms with Gasteiger partial charge < -0.3 is 10.1 Å². The average Bonchev–Trinajstić information content (AvgIpc) is 3.17. The fourth-order valence-electron chi connectivity index (χ4n) is 3.62. The van der Waals surface area contributed by atoms with Crippen LogP contribution in [0.15, 0.2) is 95.5 Å². The number of rotatable bonds is 7. The SMILES string of the molecule is CCOc1ccc(NC(=O)C(C#N)=C2SC(Cc3ccccc3)C(=O)N2c2ccccc2)cc1. The Bertz CT molecular complexity index is 1240. The highest BCUT2D eigenvalue weighted by Crippen LogP contribution is 2.42. The summed E-state index contributed by atoms with van der Waals surface area (Å²) in [7, 11) is 0. The first kappa shape index (κ1) is 23.1. The van der Waals surface area contributed by atoms with E-state index in [1.165, 1.54) is 16.7 Å². The van der Waals surface area contributed by atoms with Gasteiger partial charge in [0.2, 0.25) is 5.91 Å². The van der Waals surface area contributed by atoms with Crippen molar-refractivity contribution in [1.29, 1.82) is 5.26 Å². The van der Waals surface area contributed by atoms with E-state index in [9.17, 15) is 14.9 Å². The van der Waals surface area contributed by atoms with Crippen molar-refractivity contribution in [2.45, 2.75) is 18.6 Å². The van der Waals surface area contributed by atoms with Crippen LogP contribution in [-0.4, -0.2) is 23.7 Å². The molecule has 0 spiro atoms. The van der Waals surface area contributed by atoms with Gasteiger partial charge in [-0.05, 0) is 55.3 Å². The predicted octanol–water partition coefficient (Wildman–Crippen LogP) is 5.15. The van der Waals surface area contributed by atoms with E-state index in [1.807, 2.05) is 61.5 Å². The molecule has 1 aliphatic rings. The number of hydrogen-bond donors (Lipinski definition) is 1. The number of ether oxygens (including phenoxy) is 1. The minimum atomic E-state index is -0.566. The van der Waals surface area contributed by atoms with Gasteiger partial charge in [-0.3, -0.25) is 14.5 Å². The van der Waals surface area contributed by atoms with E-state index in [4.69, 9.17) is 4.74 Å². The molecule has 0 saturated carbocycles. The number of carbonyl (C=O) groups excluding carboxylic acids is 2. The lowest BCUT2D eigenvalue weighted by Crippen LogP contribution is -2.30. The van der Waals surface area contributed by atoms with Crippen LogP contribution in [0, 0.1) is 11.3 Å². The van der Waals surface area contributed by atoms with Crippen molar-refractivity contribution in [2.75, 3.05) is 16.8 Å². The van der Waals surface area contributed by atoms with Gasteiger partial charge in [0.25, 0.3) is 5.91 Å². The monoisotopic (exact) mass is 469 g/mol. The predicted molar refractivity (Wildman–Crippen MR) is 134 cm³/mol. The average molecular weight is 470 g/mol. The summed E-state index contributed by atoms with van der Waals surface area (Å²) in [4.78, 5) is 28.0. The lowest BCUT2D eigenvalue weighted by molar-refractivity contribution is -0.117. The van der Waals surface area contributed by atoms with Gasteiger partial charge in [-0.15, -0.1) is 0 Å². The molecule has 170 valence electrons. The molecule has 6 nitrogen and oxygen atoms in total. The van der Waals surface area contributed by atoms with Crippen LogP contribution in [0.2, 0.25) is 0 Å². The summed E-state index contributed by atoms with van der Waals surface area (Å²) < 4.78 is 5.43. The standard InChI is InChI=1S/C27H23N3O3S/c1-2-33-22-15-13-20(14-16-22)29-25(31)23(18-28)27-30(21-11-7-4-8-12-21)26(32)24(34-27)17-19-9-5-3-6-10-19/h3-16,24H,2,17H2,1H3,(H,29,31). The van der Waals surface area contributed by atoms with E-state index >= 15 is 0 Å². The summed E-state index contributed by atoms with van der Waals surface area (Å²) in [6, 6.07) is 27.7. The topological polar surface area (TPSA) is 82.4 Å². The second-order valence-electron chi connectivity index (χ2n) is 7.51. The van der Waals surface area contributed by atoms with Crippen LogP contribution in [-0.2, 0) is 16.0 Å². The largest absolute Gasteiger partial charge is 0.494 e. The zero-order valence-corrected chi connectivity index (χ0v) is 19.4. The first-order valence-corrected chi connectivity index (χ1v) is 11.8. The summed E-state index contributed by atoms with van der Waals surface area (Å²) in [6.45, 7) is 2.44. The van der Waals surface area contributed by atoms with E-state index in [-0.39, 0.29) is 11.5 Å². The van der Waals surface area contributed by atoms with Gasteiger partial charge in [0.1, 0.15) is 22.4 Å². The van der Waals surface area contributed by atoms with Gasteiger partial charge >= 0.3 is 0 Å². The molecule has 1 N–H and O–H groups in total. The zero-order valence-electron chi connectivity index (χ0n) is 18.6. The summed E-state index contributed by atoms with van der Waals surface area (Å²) in [5.74, 6) is -0.0322. The minimum absolute atomic E-state index is 0.105. The van der Waals surface area contributed by atoms with Gasteiger partial charge in [-0.25, -0.2) is 0 Å². The molecule has 1 unspecified atom stereocenters. The number of amides is 2. The summed E-state index contributed by atoms with van der Waals surface area (Å²) in [5, 5.41) is 12.6. The van der Waals surface area contributed by atoms with E-state index in [0.29, 0.717) is 35.2 Å². The molecule has 3 aromatic carbocycles. The second-order valence-corrected chi connectivity index (χ2v) is 8.70. The molecule has 34 heavy (non-hydrogen) atoms. The van der Waals surface area contributed by atoms with Crippen molar-refractivity contribution in [3.63, 3.8) is 0 Å². The Morgan fingerprint density at radius 2 is 1.68 bits per heavy atom. The van der Waals surface area contributed by atoms with E-state index in [0.717, 1.165) is 5.56 Å². The van der Waals surface area contributed by atoms with Gasteiger partial charge in [0, 0.05) is 11.4 Å². The van der Waals surface area contributed by atoms with Gasteiger partial charge in [0.05, 0.1) is 11.9 Å². The van der Waals surface area contributed by atoms with E-state index < -0.39 is 11.2 Å². The van der Waals surface area contributed by atoms with Crippen LogP contribution >= 0.6 is 11.8 Å². The number of para-hydroxylation sites is 1. The third-order valence-electron chi connectivity index (χ3n) is 5.21. The maximum absolute atomic E-state index is 13.4. The van der Waals surface area contributed by atoms with E-state index in [2.05, 4.69) is 5.32 Å². The highest BCUT2D eigenvalue weighted by molar-refractivity contribution is 8.05. The zero-order chi connectivity index (χ0) is 23.9. The number of carbonyl (C=O) groups is 2. The highest BCUT2D eigenvalue weighted by atomic mass is 32.2. The molecule has 3 aromatic rings. The van der Waals surface area contributed by atoms with Crippen LogP contribution in [0.4, 0.5) is 11.4 Å². The van der Waals surface area contributed by atoms with Crippen LogP contribution in [0.1, 0.15) is 12.5 Å². The van der Waals surface area contributed by atoms with Crippen molar-refractivity contribution in [2.24, 2.45) is 0 Å². The Labute approximate surface area is 202 Å². The lowest BCUT2D eigenvalue weighted by atomic mass is 10.1. The molecule has 1 heterocycles. The lowest BCUT2D eigenvalue weighted by Gasteiger charge is -2.18. The Hall–Kier alpha value is -4.02. The smallest absolute Gasteiger partial charge is 0.269 e. The van der Waals surface area contributed by atoms with Crippen LogP contribution < -0.4 is 15.0 Å². The van der Waals surface area contributed by atoms with Crippen LogP contribution in [0.5, 0.6) is 5.75 Å². The summed E-state index contributed by atoms with van der Waals surface area (Å²) in [6.07, 6.45) is 0.496. The number of nitriles is 1. The Morgan fingerprint density at radius 3 is 2.29 bits per heavy atom. The second kappa shape index (κ2) is 10.7. The van der Waals surface area contributed by atoms with Gasteiger partial charge in [-0.1, -0.05) is 60.3 Å². The molecule has 0 aliphatic carbocycles. The Balaban J connectivity index is 1.66. The maximum Gasteiger partial charge on any atom is 0.269 e. The molecular formula is C27H23N3O3S. The molecule has 7 heteroatoms. The van der Waals surface area contributed by atoms with Crippen molar-refractivity contribution in [3.05, 3.63) is 101 Å². The van der Waals surface area contributed by atoms with Crippen molar-refractivity contribution in [3.8, 4) is 11.8 Å². The van der Waals surface area contributed by atoms with Crippen LogP contribution in [0.25, 0.3) is 0 Å². The molecule has 1 fully saturated rings. The number of thioether (sulfide) groups is 1. The summed E-state index contributed by atoms with van der Waals surface area (Å²) >= 11 is 1.25. The molecule has 4 rings (SSSR count). The number of anilines is 2. The van der Waals surface area contributed by atoms with Crippen molar-refractivity contribution < 1.29 is 14.3 Å². The summed E-state index contributed by atoms with van der Waals surface area (Å²) in [5.41, 5.74) is 2.06.